The first-order valence-corrected chi connectivity index (χ1v) is 7.14. The summed E-state index contributed by atoms with van der Waals surface area (Å²) >= 11 is 0. The van der Waals surface area contributed by atoms with Crippen molar-refractivity contribution < 1.29 is 14.3 Å². The Hall–Kier alpha value is -1.71. The van der Waals surface area contributed by atoms with E-state index in [0.717, 1.165) is 0 Å². The van der Waals surface area contributed by atoms with E-state index in [4.69, 9.17) is 15.2 Å². The molecule has 0 aliphatic carbocycles. The van der Waals surface area contributed by atoms with Crippen LogP contribution in [0.1, 0.15) is 13.8 Å². The first-order valence-electron chi connectivity index (χ1n) is 7.14. The highest BCUT2D eigenvalue weighted by atomic mass is 127. The van der Waals surface area contributed by atoms with Crippen molar-refractivity contribution in [3.05, 3.63) is 18.2 Å². The Bertz CT molecular complexity index is 535. The summed E-state index contributed by atoms with van der Waals surface area (Å²) in [6.45, 7) is 4.88. The van der Waals surface area contributed by atoms with Gasteiger partial charge in [-0.15, -0.1) is 24.0 Å². The number of guanidine groups is 1. The lowest BCUT2D eigenvalue weighted by Gasteiger charge is -2.14. The van der Waals surface area contributed by atoms with Crippen LogP contribution in [0.5, 0.6) is 11.5 Å². The van der Waals surface area contributed by atoms with Crippen LogP contribution in [0.25, 0.3) is 0 Å². The van der Waals surface area contributed by atoms with Crippen molar-refractivity contribution in [2.75, 3.05) is 39.2 Å². The van der Waals surface area contributed by atoms with Gasteiger partial charge in [0.05, 0.1) is 18.9 Å². The Morgan fingerprint density at radius 2 is 1.91 bits per heavy atom. The van der Waals surface area contributed by atoms with Crippen LogP contribution in [0.4, 0.5) is 5.69 Å². The lowest BCUT2D eigenvalue weighted by molar-refractivity contribution is -0.127. The van der Waals surface area contributed by atoms with Gasteiger partial charge in [-0.1, -0.05) is 0 Å². The van der Waals surface area contributed by atoms with E-state index >= 15 is 0 Å². The Morgan fingerprint density at radius 1 is 1.26 bits per heavy atom. The number of carbonyl (C=O) groups is 1. The number of hydrogen-bond acceptors (Lipinski definition) is 4. The number of ether oxygens (including phenoxy) is 2. The molecule has 1 amide bonds. The van der Waals surface area contributed by atoms with Gasteiger partial charge in [-0.2, -0.15) is 0 Å². The number of nitrogens with zero attached hydrogens (tertiary/aromatic N) is 2. The van der Waals surface area contributed by atoms with Gasteiger partial charge in [-0.25, -0.2) is 4.99 Å². The molecular weight excluding hydrogens is 411 g/mol. The molecule has 0 saturated heterocycles. The third kappa shape index (κ3) is 7.40. The number of aliphatic imine (C=N–C) groups is 1. The predicted molar refractivity (Wildman–Crippen MR) is 103 cm³/mol. The van der Waals surface area contributed by atoms with Gasteiger partial charge in [0, 0.05) is 20.2 Å². The van der Waals surface area contributed by atoms with E-state index in [1.54, 1.807) is 26.2 Å². The number of anilines is 1. The molecule has 0 radical (unpaired) electrons. The monoisotopic (exact) mass is 436 g/mol. The van der Waals surface area contributed by atoms with Crippen molar-refractivity contribution in [3.63, 3.8) is 0 Å². The number of likely N-dealkylation sites (N-methyl/N-ethyl adjacent to an activating group) is 1. The molecule has 0 atom stereocenters. The third-order valence-corrected chi connectivity index (χ3v) is 2.71. The molecule has 7 nitrogen and oxygen atoms in total. The minimum absolute atomic E-state index is 0. The molecule has 1 aromatic carbocycles. The van der Waals surface area contributed by atoms with Gasteiger partial charge in [0.1, 0.15) is 18.0 Å². The number of nitrogens with two attached hydrogens (primary N) is 1. The van der Waals surface area contributed by atoms with Crippen LogP contribution in [-0.2, 0) is 4.79 Å². The molecule has 3 N–H and O–H groups in total. The average Bonchev–Trinajstić information content (AvgIpc) is 2.47. The second-order valence-corrected chi connectivity index (χ2v) is 4.64. The Labute approximate surface area is 154 Å². The largest absolute Gasteiger partial charge is 0.494 e. The molecule has 23 heavy (non-hydrogen) atoms. The Kier molecular flexibility index (Phi) is 10.1. The highest BCUT2D eigenvalue weighted by molar-refractivity contribution is 14.0. The zero-order valence-corrected chi connectivity index (χ0v) is 16.3. The molecule has 1 rings (SSSR count). The zero-order valence-electron chi connectivity index (χ0n) is 14.0. The lowest BCUT2D eigenvalue weighted by atomic mass is 10.2. The molecule has 130 valence electrons. The molecule has 0 heterocycles. The van der Waals surface area contributed by atoms with E-state index in [2.05, 4.69) is 10.3 Å². The molecule has 0 saturated carbocycles. The van der Waals surface area contributed by atoms with Crippen molar-refractivity contribution in [1.82, 2.24) is 4.90 Å². The summed E-state index contributed by atoms with van der Waals surface area (Å²) < 4.78 is 11.0. The Morgan fingerprint density at radius 3 is 2.48 bits per heavy atom. The topological polar surface area (TPSA) is 89.2 Å². The first-order chi connectivity index (χ1) is 10.5. The summed E-state index contributed by atoms with van der Waals surface area (Å²) in [6, 6.07) is 5.41. The van der Waals surface area contributed by atoms with Crippen LogP contribution in [0, 0.1) is 0 Å². The fourth-order valence-corrected chi connectivity index (χ4v) is 1.62. The second kappa shape index (κ2) is 10.9. The number of nitrogens with one attached hydrogen (secondary N) is 1. The van der Waals surface area contributed by atoms with Crippen LogP contribution in [0.15, 0.2) is 23.2 Å². The molecule has 0 bridgehead atoms. The first kappa shape index (κ1) is 21.3. The van der Waals surface area contributed by atoms with Crippen LogP contribution < -0.4 is 20.5 Å². The van der Waals surface area contributed by atoms with Crippen molar-refractivity contribution >= 4 is 41.5 Å². The fraction of sp³-hybridized carbons (Fsp3) is 0.467. The molecule has 8 heteroatoms. The summed E-state index contributed by atoms with van der Waals surface area (Å²) in [7, 11) is 3.33. The maximum absolute atomic E-state index is 11.5. The maximum atomic E-state index is 11.5. The van der Waals surface area contributed by atoms with Gasteiger partial charge < -0.3 is 25.4 Å². The number of hydrogen-bond donors (Lipinski definition) is 2. The van der Waals surface area contributed by atoms with Gasteiger partial charge in [-0.3, -0.25) is 4.79 Å². The van der Waals surface area contributed by atoms with Gasteiger partial charge >= 0.3 is 0 Å². The zero-order chi connectivity index (χ0) is 16.5. The van der Waals surface area contributed by atoms with Gasteiger partial charge in [0.25, 0.3) is 0 Å². The molecule has 0 spiro atoms. The van der Waals surface area contributed by atoms with E-state index in [1.807, 2.05) is 19.9 Å². The van der Waals surface area contributed by atoms with Crippen molar-refractivity contribution in [1.29, 1.82) is 0 Å². The molecule has 0 unspecified atom stereocenters. The van der Waals surface area contributed by atoms with Crippen LogP contribution in [0.2, 0.25) is 0 Å². The summed E-state index contributed by atoms with van der Waals surface area (Å²) in [5.41, 5.74) is 6.46. The summed E-state index contributed by atoms with van der Waals surface area (Å²) in [5.74, 6) is 1.36. The quantitative estimate of drug-likeness (QED) is 0.388. The van der Waals surface area contributed by atoms with Gasteiger partial charge in [0.15, 0.2) is 5.96 Å². The molecule has 0 fully saturated rings. The Balaban J connectivity index is 0.00000484. The SMILES string of the molecule is CCOc1ccc(OCC)c(NC(N)=NCC(=O)N(C)C)c1.I. The standard InChI is InChI=1S/C15H24N4O3.HI/c1-5-21-11-7-8-13(22-6-2)12(9-11)18-15(16)17-10-14(20)19(3)4;/h7-9H,5-6,10H2,1-4H3,(H3,16,17,18);1H. The lowest BCUT2D eigenvalue weighted by Crippen LogP contribution is -2.28. The van der Waals surface area contributed by atoms with Crippen molar-refractivity contribution in [3.8, 4) is 11.5 Å². The van der Waals surface area contributed by atoms with Crippen LogP contribution in [-0.4, -0.2) is 50.6 Å². The normalized spacial score (nSPS) is 10.5. The predicted octanol–water partition coefficient (Wildman–Crippen LogP) is 1.92. The highest BCUT2D eigenvalue weighted by Crippen LogP contribution is 2.29. The fourth-order valence-electron chi connectivity index (χ4n) is 1.62. The summed E-state index contributed by atoms with van der Waals surface area (Å²) in [4.78, 5) is 17.0. The van der Waals surface area contributed by atoms with E-state index < -0.39 is 0 Å². The maximum Gasteiger partial charge on any atom is 0.243 e. The number of carbonyl (C=O) groups excluding carboxylic acids is 1. The van der Waals surface area contributed by atoms with E-state index in [9.17, 15) is 4.79 Å². The number of halogens is 1. The minimum Gasteiger partial charge on any atom is -0.494 e. The van der Waals surface area contributed by atoms with Gasteiger partial charge in [0.2, 0.25) is 5.91 Å². The van der Waals surface area contributed by atoms with E-state index in [1.165, 1.54) is 4.90 Å². The smallest absolute Gasteiger partial charge is 0.243 e. The number of amides is 1. The van der Waals surface area contributed by atoms with Crippen molar-refractivity contribution in [2.45, 2.75) is 13.8 Å². The number of rotatable bonds is 7. The highest BCUT2D eigenvalue weighted by Gasteiger charge is 2.08. The second-order valence-electron chi connectivity index (χ2n) is 4.64. The molecule has 0 aliphatic heterocycles. The molecule has 1 aromatic rings. The molecule has 0 aliphatic rings. The minimum atomic E-state index is -0.127. The molecular formula is C15H25IN4O3. The summed E-state index contributed by atoms with van der Waals surface area (Å²) in [6.07, 6.45) is 0. The molecule has 0 aromatic heterocycles. The third-order valence-electron chi connectivity index (χ3n) is 2.71. The van der Waals surface area contributed by atoms with Crippen molar-refractivity contribution in [2.24, 2.45) is 10.7 Å². The van der Waals surface area contributed by atoms with Crippen LogP contribution in [0.3, 0.4) is 0 Å². The summed E-state index contributed by atoms with van der Waals surface area (Å²) in [5, 5.41) is 2.94. The van der Waals surface area contributed by atoms with Crippen LogP contribution >= 0.6 is 24.0 Å². The van der Waals surface area contributed by atoms with E-state index in [-0.39, 0.29) is 42.4 Å². The average molecular weight is 436 g/mol. The number of benzene rings is 1. The van der Waals surface area contributed by atoms with E-state index in [0.29, 0.717) is 30.4 Å². The van der Waals surface area contributed by atoms with Gasteiger partial charge in [-0.05, 0) is 26.0 Å².